The first-order valence-corrected chi connectivity index (χ1v) is 5.21. The molecule has 0 fully saturated rings. The van der Waals surface area contributed by atoms with E-state index in [4.69, 9.17) is 14.9 Å². The molecule has 0 aliphatic heterocycles. The van der Waals surface area contributed by atoms with Crippen LogP contribution in [0.5, 0.6) is 5.95 Å². The molecule has 1 aromatic carbocycles. The first-order chi connectivity index (χ1) is 7.29. The van der Waals surface area contributed by atoms with Gasteiger partial charge in [0, 0.05) is 17.1 Å². The molecule has 80 valence electrons. The molecule has 0 amide bonds. The van der Waals surface area contributed by atoms with Crippen LogP contribution in [0.25, 0.3) is 11.0 Å². The lowest BCUT2D eigenvalue weighted by Crippen LogP contribution is -1.94. The molecule has 3 heteroatoms. The van der Waals surface area contributed by atoms with Crippen molar-refractivity contribution in [2.75, 3.05) is 12.3 Å². The number of nitrogens with two attached hydrogens (primary N) is 1. The topological polar surface area (TPSA) is 48.4 Å². The number of anilines is 1. The molecule has 2 aromatic rings. The van der Waals surface area contributed by atoms with Gasteiger partial charge in [0.05, 0.1) is 6.61 Å². The molecular weight excluding hydrogens is 190 g/mol. The van der Waals surface area contributed by atoms with Crippen molar-refractivity contribution in [3.63, 3.8) is 0 Å². The lowest BCUT2D eigenvalue weighted by Gasteiger charge is -1.98. The van der Waals surface area contributed by atoms with E-state index in [1.165, 1.54) is 0 Å². The van der Waals surface area contributed by atoms with Gasteiger partial charge in [-0.15, -0.1) is 0 Å². The van der Waals surface area contributed by atoms with Crippen LogP contribution < -0.4 is 10.5 Å². The molecule has 0 unspecified atom stereocenters. The highest BCUT2D eigenvalue weighted by molar-refractivity contribution is 5.82. The van der Waals surface area contributed by atoms with Crippen molar-refractivity contribution in [2.45, 2.75) is 19.8 Å². The summed E-state index contributed by atoms with van der Waals surface area (Å²) in [5, 5.41) is 0.987. The number of furan rings is 1. The molecule has 0 aliphatic carbocycles. The Kier molecular flexibility index (Phi) is 2.81. The Balaban J connectivity index is 2.16. The standard InChI is InChI=1S/C12H15NO2/c1-2-3-6-14-12-8-9-7-10(13)4-5-11(9)15-12/h4-5,7-8H,2-3,6,13H2,1H3. The number of hydrogen-bond donors (Lipinski definition) is 1. The van der Waals surface area contributed by atoms with Gasteiger partial charge in [-0.2, -0.15) is 0 Å². The van der Waals surface area contributed by atoms with Crippen LogP contribution in [0.2, 0.25) is 0 Å². The van der Waals surface area contributed by atoms with E-state index in [0.717, 1.165) is 29.5 Å². The van der Waals surface area contributed by atoms with Crippen LogP contribution in [0, 0.1) is 0 Å². The smallest absolute Gasteiger partial charge is 0.285 e. The second-order valence-corrected chi connectivity index (χ2v) is 3.56. The number of unbranched alkanes of at least 4 members (excludes halogenated alkanes) is 1. The molecule has 0 saturated carbocycles. The van der Waals surface area contributed by atoms with E-state index in [-0.39, 0.29) is 0 Å². The SMILES string of the molecule is CCCCOc1cc2cc(N)ccc2o1. The number of nitrogen functional groups attached to an aromatic ring is 1. The van der Waals surface area contributed by atoms with E-state index >= 15 is 0 Å². The maximum atomic E-state index is 5.67. The number of ether oxygens (including phenoxy) is 1. The van der Waals surface area contributed by atoms with Gasteiger partial charge < -0.3 is 14.9 Å². The average Bonchev–Trinajstić information content (AvgIpc) is 2.60. The maximum Gasteiger partial charge on any atom is 0.285 e. The van der Waals surface area contributed by atoms with Crippen LogP contribution in [0.15, 0.2) is 28.7 Å². The van der Waals surface area contributed by atoms with Gasteiger partial charge in [-0.1, -0.05) is 13.3 Å². The van der Waals surface area contributed by atoms with Crippen molar-refractivity contribution >= 4 is 16.7 Å². The van der Waals surface area contributed by atoms with E-state index < -0.39 is 0 Å². The number of hydrogen-bond acceptors (Lipinski definition) is 3. The predicted octanol–water partition coefficient (Wildman–Crippen LogP) is 3.19. The number of fused-ring (bicyclic) bond motifs is 1. The molecule has 0 aliphatic rings. The van der Waals surface area contributed by atoms with Crippen LogP contribution in [-0.4, -0.2) is 6.61 Å². The fourth-order valence-electron chi connectivity index (χ4n) is 1.43. The van der Waals surface area contributed by atoms with Crippen molar-refractivity contribution in [1.29, 1.82) is 0 Å². The monoisotopic (exact) mass is 205 g/mol. The summed E-state index contributed by atoms with van der Waals surface area (Å²) >= 11 is 0. The van der Waals surface area contributed by atoms with Gasteiger partial charge in [0.2, 0.25) is 0 Å². The third-order valence-corrected chi connectivity index (χ3v) is 2.26. The van der Waals surface area contributed by atoms with E-state index in [1.54, 1.807) is 0 Å². The second-order valence-electron chi connectivity index (χ2n) is 3.56. The summed E-state index contributed by atoms with van der Waals surface area (Å²) < 4.78 is 11.0. The van der Waals surface area contributed by atoms with Crippen LogP contribution >= 0.6 is 0 Å². The molecule has 0 spiro atoms. The molecule has 15 heavy (non-hydrogen) atoms. The maximum absolute atomic E-state index is 5.67. The summed E-state index contributed by atoms with van der Waals surface area (Å²) in [5.74, 6) is 0.573. The number of rotatable bonds is 4. The van der Waals surface area contributed by atoms with Crippen molar-refractivity contribution in [1.82, 2.24) is 0 Å². The number of benzene rings is 1. The molecule has 2 rings (SSSR count). The van der Waals surface area contributed by atoms with E-state index in [2.05, 4.69) is 6.92 Å². The Bertz CT molecular complexity index is 448. The summed E-state index contributed by atoms with van der Waals surface area (Å²) in [6.07, 6.45) is 2.16. The largest absolute Gasteiger partial charge is 0.465 e. The molecule has 0 atom stereocenters. The molecule has 0 radical (unpaired) electrons. The highest BCUT2D eigenvalue weighted by Crippen LogP contribution is 2.26. The Labute approximate surface area is 88.8 Å². The minimum absolute atomic E-state index is 0.573. The molecule has 2 N–H and O–H groups in total. The first kappa shape index (κ1) is 9.90. The Hall–Kier alpha value is -1.64. The Morgan fingerprint density at radius 3 is 3.00 bits per heavy atom. The molecule has 1 heterocycles. The van der Waals surface area contributed by atoms with Gasteiger partial charge in [-0.3, -0.25) is 0 Å². The molecule has 0 saturated heterocycles. The summed E-state index contributed by atoms with van der Waals surface area (Å²) in [5.41, 5.74) is 7.23. The molecule has 0 bridgehead atoms. The molecule has 1 aromatic heterocycles. The van der Waals surface area contributed by atoms with Gasteiger partial charge in [0.15, 0.2) is 0 Å². The first-order valence-electron chi connectivity index (χ1n) is 5.21. The summed E-state index contributed by atoms with van der Waals surface area (Å²) in [6, 6.07) is 7.44. The quantitative estimate of drug-likeness (QED) is 0.616. The van der Waals surface area contributed by atoms with Gasteiger partial charge in [-0.25, -0.2) is 0 Å². The van der Waals surface area contributed by atoms with Gasteiger partial charge >= 0.3 is 0 Å². The molecule has 3 nitrogen and oxygen atoms in total. The van der Waals surface area contributed by atoms with Gasteiger partial charge in [-0.05, 0) is 24.6 Å². The lowest BCUT2D eigenvalue weighted by atomic mass is 10.2. The average molecular weight is 205 g/mol. The van der Waals surface area contributed by atoms with Crippen molar-refractivity contribution in [3.05, 3.63) is 24.3 Å². The van der Waals surface area contributed by atoms with Crippen LogP contribution in [0.3, 0.4) is 0 Å². The lowest BCUT2D eigenvalue weighted by molar-refractivity contribution is 0.245. The fraction of sp³-hybridized carbons (Fsp3) is 0.333. The third kappa shape index (κ3) is 2.24. The zero-order valence-corrected chi connectivity index (χ0v) is 8.82. The summed E-state index contributed by atoms with van der Waals surface area (Å²) in [7, 11) is 0. The van der Waals surface area contributed by atoms with Crippen molar-refractivity contribution < 1.29 is 9.15 Å². The zero-order chi connectivity index (χ0) is 10.7. The van der Waals surface area contributed by atoms with Crippen molar-refractivity contribution in [2.24, 2.45) is 0 Å². The van der Waals surface area contributed by atoms with E-state index in [0.29, 0.717) is 12.6 Å². The van der Waals surface area contributed by atoms with E-state index in [9.17, 15) is 0 Å². The van der Waals surface area contributed by atoms with Gasteiger partial charge in [0.25, 0.3) is 5.95 Å². The van der Waals surface area contributed by atoms with E-state index in [1.807, 2.05) is 24.3 Å². The predicted molar refractivity (Wildman–Crippen MR) is 61.0 cm³/mol. The second kappa shape index (κ2) is 4.26. The zero-order valence-electron chi connectivity index (χ0n) is 8.82. The normalized spacial score (nSPS) is 10.7. The van der Waals surface area contributed by atoms with Crippen LogP contribution in [0.4, 0.5) is 5.69 Å². The summed E-state index contributed by atoms with van der Waals surface area (Å²) in [4.78, 5) is 0. The van der Waals surface area contributed by atoms with Crippen LogP contribution in [-0.2, 0) is 0 Å². The Morgan fingerprint density at radius 2 is 2.20 bits per heavy atom. The minimum atomic E-state index is 0.573. The highest BCUT2D eigenvalue weighted by atomic mass is 16.6. The highest BCUT2D eigenvalue weighted by Gasteiger charge is 2.04. The molecular formula is C12H15NO2. The fourth-order valence-corrected chi connectivity index (χ4v) is 1.43. The Morgan fingerprint density at radius 1 is 1.33 bits per heavy atom. The summed E-state index contributed by atoms with van der Waals surface area (Å²) in [6.45, 7) is 2.83. The van der Waals surface area contributed by atoms with Crippen LogP contribution in [0.1, 0.15) is 19.8 Å². The van der Waals surface area contributed by atoms with Crippen molar-refractivity contribution in [3.8, 4) is 5.95 Å². The van der Waals surface area contributed by atoms with Gasteiger partial charge in [0.1, 0.15) is 5.58 Å². The minimum Gasteiger partial charge on any atom is -0.465 e. The third-order valence-electron chi connectivity index (χ3n) is 2.26.